The summed E-state index contributed by atoms with van der Waals surface area (Å²) in [6.45, 7) is 0.925. The van der Waals surface area contributed by atoms with Crippen LogP contribution in [0, 0.1) is 11.3 Å². The second kappa shape index (κ2) is 8.26. The first-order chi connectivity index (χ1) is 16.6. The van der Waals surface area contributed by atoms with E-state index in [1.807, 2.05) is 24.4 Å². The van der Waals surface area contributed by atoms with Crippen LogP contribution in [0.4, 0.5) is 11.4 Å². The normalized spacial score (nSPS) is 11.6. The highest BCUT2D eigenvalue weighted by atomic mass is 32.1. The number of nitriles is 1. The molecule has 6 aromatic rings. The zero-order valence-electron chi connectivity index (χ0n) is 18.7. The minimum atomic E-state index is 0.538. The molecule has 0 fully saturated rings. The maximum atomic E-state index is 9.77. The van der Waals surface area contributed by atoms with E-state index >= 15 is 0 Å². The number of benzene rings is 2. The molecule has 7 heteroatoms. The van der Waals surface area contributed by atoms with Crippen LogP contribution in [0.1, 0.15) is 11.1 Å². The van der Waals surface area contributed by atoms with Gasteiger partial charge < -0.3 is 15.2 Å². The predicted molar refractivity (Wildman–Crippen MR) is 144 cm³/mol. The molecule has 0 aliphatic carbocycles. The summed E-state index contributed by atoms with van der Waals surface area (Å²) in [5.74, 6) is 0. The van der Waals surface area contributed by atoms with Crippen LogP contribution < -0.4 is 5.32 Å². The molecule has 0 spiro atoms. The molecular weight excluding hydrogens is 458 g/mol. The Bertz CT molecular complexity index is 1710. The zero-order valence-corrected chi connectivity index (χ0v) is 20.3. The number of thiophene rings is 2. The first-order valence-corrected chi connectivity index (χ1v) is 12.5. The monoisotopic (exact) mass is 479 g/mol. The van der Waals surface area contributed by atoms with E-state index in [4.69, 9.17) is 0 Å². The van der Waals surface area contributed by atoms with E-state index in [2.05, 4.69) is 76.7 Å². The van der Waals surface area contributed by atoms with Crippen molar-refractivity contribution in [3.05, 3.63) is 78.1 Å². The maximum absolute atomic E-state index is 9.77. The van der Waals surface area contributed by atoms with Gasteiger partial charge in [0.15, 0.2) is 0 Å². The molecule has 0 saturated heterocycles. The van der Waals surface area contributed by atoms with Crippen LogP contribution in [-0.2, 0) is 6.54 Å². The minimum absolute atomic E-state index is 0.538. The number of H-pyrrole nitrogens is 1. The van der Waals surface area contributed by atoms with Crippen molar-refractivity contribution >= 4 is 65.3 Å². The fraction of sp³-hybridized carbons (Fsp3) is 0.111. The number of aromatic nitrogens is 2. The smallest absolute Gasteiger partial charge is 0.126 e. The van der Waals surface area contributed by atoms with E-state index in [1.54, 1.807) is 28.9 Å². The molecule has 0 bridgehead atoms. The molecule has 34 heavy (non-hydrogen) atoms. The molecule has 2 N–H and O–H groups in total. The van der Waals surface area contributed by atoms with E-state index in [1.165, 1.54) is 20.5 Å². The highest BCUT2D eigenvalue weighted by molar-refractivity contribution is 7.28. The summed E-state index contributed by atoms with van der Waals surface area (Å²) in [4.78, 5) is 13.3. The largest absolute Gasteiger partial charge is 0.361 e. The minimum Gasteiger partial charge on any atom is -0.361 e. The Hall–Kier alpha value is -3.70. The van der Waals surface area contributed by atoms with Crippen molar-refractivity contribution in [1.29, 1.82) is 5.26 Å². The Balaban J connectivity index is 1.42. The molecule has 4 aromatic heterocycles. The van der Waals surface area contributed by atoms with Gasteiger partial charge in [0.05, 0.1) is 11.3 Å². The molecule has 0 aliphatic heterocycles. The van der Waals surface area contributed by atoms with Gasteiger partial charge in [-0.15, -0.1) is 22.7 Å². The molecule has 0 unspecified atom stereocenters. The lowest BCUT2D eigenvalue weighted by Gasteiger charge is -2.09. The molecule has 4 heterocycles. The molecular formula is C27H21N5S2. The van der Waals surface area contributed by atoms with Crippen LogP contribution in [0.2, 0.25) is 0 Å². The van der Waals surface area contributed by atoms with Gasteiger partial charge in [0.2, 0.25) is 0 Å². The van der Waals surface area contributed by atoms with Crippen LogP contribution in [-0.4, -0.2) is 29.0 Å². The van der Waals surface area contributed by atoms with E-state index in [-0.39, 0.29) is 0 Å². The molecule has 166 valence electrons. The molecule has 0 radical (unpaired) electrons. The number of nitrogens with one attached hydrogen (secondary N) is 2. The highest BCUT2D eigenvalue weighted by Gasteiger charge is 2.15. The number of rotatable bonds is 5. The van der Waals surface area contributed by atoms with Crippen LogP contribution in [0.3, 0.4) is 0 Å². The van der Waals surface area contributed by atoms with Gasteiger partial charge in [0.1, 0.15) is 10.9 Å². The predicted octanol–water partition coefficient (Wildman–Crippen LogP) is 7.34. The number of aromatic amines is 1. The summed E-state index contributed by atoms with van der Waals surface area (Å²) >= 11 is 3.46. The van der Waals surface area contributed by atoms with Gasteiger partial charge in [-0.05, 0) is 73.6 Å². The average Bonchev–Trinajstić information content (AvgIpc) is 3.55. The lowest BCUT2D eigenvalue weighted by atomic mass is 10.1. The van der Waals surface area contributed by atoms with Gasteiger partial charge in [-0.2, -0.15) is 5.26 Å². The average molecular weight is 480 g/mol. The second-order valence-electron chi connectivity index (χ2n) is 8.61. The van der Waals surface area contributed by atoms with Gasteiger partial charge in [-0.1, -0.05) is 6.07 Å². The van der Waals surface area contributed by atoms with Crippen LogP contribution in [0.15, 0.2) is 67.0 Å². The fourth-order valence-corrected chi connectivity index (χ4v) is 6.41. The van der Waals surface area contributed by atoms with Crippen molar-refractivity contribution in [3.8, 4) is 15.8 Å². The number of nitrogens with zero attached hydrogens (tertiary/aromatic N) is 3. The van der Waals surface area contributed by atoms with Crippen LogP contribution in [0.25, 0.3) is 41.0 Å². The quantitative estimate of drug-likeness (QED) is 0.271. The SMILES string of the molecule is CN(C)Cc1ccc2sc(-c3cc4c(Nc5ccc6[nH]ccc6c5)c(C#N)cnc4s3)cc2c1. The highest BCUT2D eigenvalue weighted by Crippen LogP contribution is 2.42. The lowest BCUT2D eigenvalue weighted by molar-refractivity contribution is 0.403. The fourth-order valence-electron chi connectivity index (χ4n) is 4.28. The summed E-state index contributed by atoms with van der Waals surface area (Å²) in [6.07, 6.45) is 3.59. The van der Waals surface area contributed by atoms with Gasteiger partial charge in [0.25, 0.3) is 0 Å². The summed E-state index contributed by atoms with van der Waals surface area (Å²) < 4.78 is 1.28. The Labute approximate surface area is 204 Å². The first kappa shape index (κ1) is 20.9. The third-order valence-corrected chi connectivity index (χ3v) is 8.18. The van der Waals surface area contributed by atoms with Crippen molar-refractivity contribution in [3.63, 3.8) is 0 Å². The molecule has 5 nitrogen and oxygen atoms in total. The van der Waals surface area contributed by atoms with E-state index in [9.17, 15) is 5.26 Å². The summed E-state index contributed by atoms with van der Waals surface area (Å²) in [7, 11) is 4.18. The Kier molecular flexibility index (Phi) is 5.07. The molecule has 6 rings (SSSR count). The summed E-state index contributed by atoms with van der Waals surface area (Å²) in [6, 6.07) is 21.6. The van der Waals surface area contributed by atoms with Crippen LogP contribution in [0.5, 0.6) is 0 Å². The third-order valence-electron chi connectivity index (χ3n) is 5.83. The Morgan fingerprint density at radius 1 is 1.00 bits per heavy atom. The van der Waals surface area contributed by atoms with Crippen molar-refractivity contribution < 1.29 is 0 Å². The number of pyridine rings is 1. The van der Waals surface area contributed by atoms with Crippen molar-refractivity contribution in [1.82, 2.24) is 14.9 Å². The van der Waals surface area contributed by atoms with E-state index < -0.39 is 0 Å². The summed E-state index contributed by atoms with van der Waals surface area (Å²) in [5, 5.41) is 16.6. The van der Waals surface area contributed by atoms with Crippen LogP contribution >= 0.6 is 22.7 Å². The standard InChI is InChI=1S/C27H21N5S2/c1-32(2)15-16-3-6-23-18(9-16)11-24(33-23)25-12-21-26(19(13-28)14-30-27(21)34-25)31-20-4-5-22-17(10-20)7-8-29-22/h3-12,14,29H,15H2,1-2H3,(H,30,31). The molecule has 0 aliphatic rings. The number of fused-ring (bicyclic) bond motifs is 3. The Morgan fingerprint density at radius 2 is 1.88 bits per heavy atom. The first-order valence-electron chi connectivity index (χ1n) is 10.9. The van der Waals surface area contributed by atoms with Crippen molar-refractivity contribution in [2.75, 3.05) is 19.4 Å². The van der Waals surface area contributed by atoms with Gasteiger partial charge in [-0.25, -0.2) is 4.98 Å². The van der Waals surface area contributed by atoms with Crippen molar-refractivity contribution in [2.45, 2.75) is 6.54 Å². The van der Waals surface area contributed by atoms with E-state index in [0.29, 0.717) is 5.56 Å². The second-order valence-corrected chi connectivity index (χ2v) is 10.7. The topological polar surface area (TPSA) is 67.7 Å². The number of anilines is 2. The number of hydrogen-bond acceptors (Lipinski definition) is 6. The molecule has 0 saturated carbocycles. The van der Waals surface area contributed by atoms with Gasteiger partial charge in [0, 0.05) is 55.4 Å². The zero-order chi connectivity index (χ0) is 23.2. The molecule has 2 aromatic carbocycles. The maximum Gasteiger partial charge on any atom is 0.126 e. The van der Waals surface area contributed by atoms with Crippen molar-refractivity contribution in [2.24, 2.45) is 0 Å². The summed E-state index contributed by atoms with van der Waals surface area (Å²) in [5.41, 5.74) is 4.68. The van der Waals surface area contributed by atoms with Gasteiger partial charge >= 0.3 is 0 Å². The molecule has 0 amide bonds. The van der Waals surface area contributed by atoms with Gasteiger partial charge in [-0.3, -0.25) is 0 Å². The number of hydrogen-bond donors (Lipinski definition) is 2. The Morgan fingerprint density at radius 3 is 2.74 bits per heavy atom. The van der Waals surface area contributed by atoms with E-state index in [0.717, 1.165) is 43.9 Å². The molecule has 0 atom stereocenters. The third kappa shape index (κ3) is 3.72. The lowest BCUT2D eigenvalue weighted by Crippen LogP contribution is -2.10.